The predicted molar refractivity (Wildman–Crippen MR) is 107 cm³/mol. The summed E-state index contributed by atoms with van der Waals surface area (Å²) in [6, 6.07) is 14.6. The fourth-order valence-corrected chi connectivity index (χ4v) is 2.85. The molecule has 2 atom stereocenters. The molecule has 1 aromatic heterocycles. The third-order valence-corrected chi connectivity index (χ3v) is 4.85. The van der Waals surface area contributed by atoms with Gasteiger partial charge in [0.15, 0.2) is 0 Å². The van der Waals surface area contributed by atoms with Crippen molar-refractivity contribution in [2.45, 2.75) is 33.2 Å². The SMILES string of the molecule is CC[C@H](C)[C@@H](NC(=O)c1ccc(C)cc1)c1nc(-c2cccc(OC)c2)no1. The molecule has 28 heavy (non-hydrogen) atoms. The van der Waals surface area contributed by atoms with Crippen molar-refractivity contribution >= 4 is 5.91 Å². The Morgan fingerprint density at radius 1 is 1.21 bits per heavy atom. The van der Waals surface area contributed by atoms with E-state index in [0.29, 0.717) is 17.3 Å². The largest absolute Gasteiger partial charge is 0.497 e. The monoisotopic (exact) mass is 379 g/mol. The minimum Gasteiger partial charge on any atom is -0.497 e. The Morgan fingerprint density at radius 3 is 2.64 bits per heavy atom. The third-order valence-electron chi connectivity index (χ3n) is 4.85. The normalized spacial score (nSPS) is 13.0. The van der Waals surface area contributed by atoms with Crippen molar-refractivity contribution in [3.63, 3.8) is 0 Å². The van der Waals surface area contributed by atoms with E-state index in [1.807, 2.05) is 55.5 Å². The quantitative estimate of drug-likeness (QED) is 0.651. The summed E-state index contributed by atoms with van der Waals surface area (Å²) >= 11 is 0. The molecule has 0 spiro atoms. The average Bonchev–Trinajstić information content (AvgIpc) is 3.21. The van der Waals surface area contributed by atoms with Gasteiger partial charge < -0.3 is 14.6 Å². The Labute approximate surface area is 164 Å². The molecule has 3 aromatic rings. The minimum atomic E-state index is -0.370. The standard InChI is InChI=1S/C22H25N3O3/c1-5-15(3)19(23-21(26)16-11-9-14(2)10-12-16)22-24-20(25-28-22)17-7-6-8-18(13-17)27-4/h6-13,15,19H,5H2,1-4H3,(H,23,26)/t15-,19+/m0/s1. The number of aryl methyl sites for hydroxylation is 1. The Bertz CT molecular complexity index is 934. The van der Waals surface area contributed by atoms with E-state index in [2.05, 4.69) is 29.3 Å². The van der Waals surface area contributed by atoms with Crippen LogP contribution in [0.25, 0.3) is 11.4 Å². The number of benzene rings is 2. The van der Waals surface area contributed by atoms with Crippen molar-refractivity contribution < 1.29 is 14.1 Å². The Morgan fingerprint density at radius 2 is 1.96 bits per heavy atom. The number of nitrogens with one attached hydrogen (secondary N) is 1. The van der Waals surface area contributed by atoms with Gasteiger partial charge in [0.2, 0.25) is 11.7 Å². The first-order valence-corrected chi connectivity index (χ1v) is 9.37. The van der Waals surface area contributed by atoms with E-state index >= 15 is 0 Å². The second-order valence-corrected chi connectivity index (χ2v) is 6.89. The molecule has 0 aliphatic carbocycles. The highest BCUT2D eigenvalue weighted by molar-refractivity contribution is 5.94. The predicted octanol–water partition coefficient (Wildman–Crippen LogP) is 4.57. The van der Waals surface area contributed by atoms with Crippen LogP contribution in [0.1, 0.15) is 48.1 Å². The summed E-state index contributed by atoms with van der Waals surface area (Å²) in [7, 11) is 1.61. The van der Waals surface area contributed by atoms with Crippen LogP contribution in [-0.4, -0.2) is 23.2 Å². The van der Waals surface area contributed by atoms with Crippen LogP contribution in [0.4, 0.5) is 0 Å². The molecule has 2 aromatic carbocycles. The summed E-state index contributed by atoms with van der Waals surface area (Å²) in [6.45, 7) is 6.10. The highest BCUT2D eigenvalue weighted by Crippen LogP contribution is 2.27. The van der Waals surface area contributed by atoms with Crippen molar-refractivity contribution in [3.05, 3.63) is 65.5 Å². The van der Waals surface area contributed by atoms with Gasteiger partial charge in [-0.2, -0.15) is 4.98 Å². The van der Waals surface area contributed by atoms with Crippen LogP contribution in [0.5, 0.6) is 5.75 Å². The molecule has 0 saturated carbocycles. The van der Waals surface area contributed by atoms with Crippen molar-refractivity contribution in [3.8, 4) is 17.1 Å². The third kappa shape index (κ3) is 4.39. The highest BCUT2D eigenvalue weighted by Gasteiger charge is 2.27. The van der Waals surface area contributed by atoms with Gasteiger partial charge >= 0.3 is 0 Å². The molecule has 6 nitrogen and oxygen atoms in total. The summed E-state index contributed by atoms with van der Waals surface area (Å²) in [5.74, 6) is 1.55. The highest BCUT2D eigenvalue weighted by atomic mass is 16.5. The fourth-order valence-electron chi connectivity index (χ4n) is 2.85. The van der Waals surface area contributed by atoms with Crippen LogP contribution < -0.4 is 10.1 Å². The molecular formula is C22H25N3O3. The molecule has 3 rings (SSSR count). The number of aromatic nitrogens is 2. The Hall–Kier alpha value is -3.15. The smallest absolute Gasteiger partial charge is 0.251 e. The topological polar surface area (TPSA) is 77.2 Å². The first-order chi connectivity index (χ1) is 13.5. The van der Waals surface area contributed by atoms with E-state index in [4.69, 9.17) is 9.26 Å². The summed E-state index contributed by atoms with van der Waals surface area (Å²) in [6.07, 6.45) is 0.857. The first kappa shape index (κ1) is 19.6. The second-order valence-electron chi connectivity index (χ2n) is 6.89. The lowest BCUT2D eigenvalue weighted by molar-refractivity contribution is 0.0910. The van der Waals surface area contributed by atoms with Gasteiger partial charge in [0, 0.05) is 11.1 Å². The molecule has 1 amide bonds. The number of ether oxygens (including phenoxy) is 1. The number of methoxy groups -OCH3 is 1. The number of amides is 1. The molecule has 0 fully saturated rings. The van der Waals surface area contributed by atoms with E-state index in [-0.39, 0.29) is 17.9 Å². The summed E-state index contributed by atoms with van der Waals surface area (Å²) in [5.41, 5.74) is 2.50. The van der Waals surface area contributed by atoms with Crippen molar-refractivity contribution in [2.24, 2.45) is 5.92 Å². The molecule has 6 heteroatoms. The number of carbonyl (C=O) groups excluding carboxylic acids is 1. The zero-order chi connectivity index (χ0) is 20.1. The van der Waals surface area contributed by atoms with Gasteiger partial charge in [-0.15, -0.1) is 0 Å². The maximum atomic E-state index is 12.7. The fraction of sp³-hybridized carbons (Fsp3) is 0.318. The summed E-state index contributed by atoms with van der Waals surface area (Å²) in [5, 5.41) is 7.15. The zero-order valence-electron chi connectivity index (χ0n) is 16.6. The van der Waals surface area contributed by atoms with E-state index in [1.165, 1.54) is 0 Å². The molecule has 1 heterocycles. The molecular weight excluding hydrogens is 354 g/mol. The maximum Gasteiger partial charge on any atom is 0.251 e. The van der Waals surface area contributed by atoms with Crippen LogP contribution in [0, 0.1) is 12.8 Å². The molecule has 0 aliphatic rings. The molecule has 0 radical (unpaired) electrons. The molecule has 0 bridgehead atoms. The van der Waals surface area contributed by atoms with E-state index in [1.54, 1.807) is 7.11 Å². The lowest BCUT2D eigenvalue weighted by Crippen LogP contribution is -2.32. The lowest BCUT2D eigenvalue weighted by atomic mass is 9.98. The van der Waals surface area contributed by atoms with E-state index in [0.717, 1.165) is 23.3 Å². The molecule has 0 unspecified atom stereocenters. The maximum absolute atomic E-state index is 12.7. The molecule has 0 saturated heterocycles. The lowest BCUT2D eigenvalue weighted by Gasteiger charge is -2.20. The second kappa shape index (κ2) is 8.69. The summed E-state index contributed by atoms with van der Waals surface area (Å²) in [4.78, 5) is 17.2. The molecule has 0 aliphatic heterocycles. The number of carbonyl (C=O) groups is 1. The minimum absolute atomic E-state index is 0.132. The summed E-state index contributed by atoms with van der Waals surface area (Å²) < 4.78 is 10.8. The Kier molecular flexibility index (Phi) is 6.09. The number of hydrogen-bond donors (Lipinski definition) is 1. The number of nitrogens with zero attached hydrogens (tertiary/aromatic N) is 2. The van der Waals surface area contributed by atoms with Gasteiger partial charge in [-0.3, -0.25) is 4.79 Å². The van der Waals surface area contributed by atoms with Crippen molar-refractivity contribution in [1.82, 2.24) is 15.5 Å². The van der Waals surface area contributed by atoms with E-state index < -0.39 is 0 Å². The van der Waals surface area contributed by atoms with Gasteiger partial charge in [-0.1, -0.05) is 55.3 Å². The van der Waals surface area contributed by atoms with Gasteiger partial charge in [0.25, 0.3) is 5.91 Å². The van der Waals surface area contributed by atoms with Gasteiger partial charge in [0.1, 0.15) is 11.8 Å². The number of hydrogen-bond acceptors (Lipinski definition) is 5. The first-order valence-electron chi connectivity index (χ1n) is 9.37. The average molecular weight is 379 g/mol. The van der Waals surface area contributed by atoms with Crippen LogP contribution in [0.15, 0.2) is 53.1 Å². The van der Waals surface area contributed by atoms with Crippen LogP contribution in [0.3, 0.4) is 0 Å². The Balaban J connectivity index is 1.85. The van der Waals surface area contributed by atoms with E-state index in [9.17, 15) is 4.79 Å². The zero-order valence-corrected chi connectivity index (χ0v) is 16.6. The van der Waals surface area contributed by atoms with Crippen molar-refractivity contribution in [2.75, 3.05) is 7.11 Å². The van der Waals surface area contributed by atoms with Crippen LogP contribution in [0.2, 0.25) is 0 Å². The van der Waals surface area contributed by atoms with Gasteiger partial charge in [0.05, 0.1) is 7.11 Å². The van der Waals surface area contributed by atoms with Crippen molar-refractivity contribution in [1.29, 1.82) is 0 Å². The number of rotatable bonds is 7. The van der Waals surface area contributed by atoms with Gasteiger partial charge in [-0.25, -0.2) is 0 Å². The molecule has 146 valence electrons. The van der Waals surface area contributed by atoms with Crippen LogP contribution >= 0.6 is 0 Å². The van der Waals surface area contributed by atoms with Gasteiger partial charge in [-0.05, 0) is 37.1 Å². The van der Waals surface area contributed by atoms with Crippen LogP contribution in [-0.2, 0) is 0 Å². The molecule has 1 N–H and O–H groups in total.